The number of hydrogen-bond donors (Lipinski definition) is 1. The summed E-state index contributed by atoms with van der Waals surface area (Å²) in [6, 6.07) is 11.5. The van der Waals surface area contributed by atoms with E-state index in [4.69, 9.17) is 20.8 Å². The molecular weight excluding hydrogens is 338 g/mol. The molecule has 2 aromatic rings. The van der Waals surface area contributed by atoms with E-state index in [-0.39, 0.29) is 11.9 Å². The lowest BCUT2D eigenvalue weighted by Crippen LogP contribution is -2.50. The summed E-state index contributed by atoms with van der Waals surface area (Å²) >= 11 is 6.17. The van der Waals surface area contributed by atoms with Gasteiger partial charge in [-0.3, -0.25) is 4.79 Å². The van der Waals surface area contributed by atoms with E-state index in [1.807, 2.05) is 43.3 Å². The third-order valence-electron chi connectivity index (χ3n) is 4.94. The number of carbonyl (C=O) groups is 1. The number of hydrogen-bond acceptors (Lipinski definition) is 3. The number of rotatable bonds is 6. The highest BCUT2D eigenvalue weighted by atomic mass is 35.5. The number of aryl methyl sites for hydroxylation is 1. The second-order valence-electron chi connectivity index (χ2n) is 6.70. The predicted molar refractivity (Wildman–Crippen MR) is 97.8 cm³/mol. The van der Waals surface area contributed by atoms with E-state index in [9.17, 15) is 4.79 Å². The van der Waals surface area contributed by atoms with Crippen LogP contribution in [-0.2, 0) is 21.4 Å². The van der Waals surface area contributed by atoms with Crippen LogP contribution in [0.4, 0.5) is 0 Å². The van der Waals surface area contributed by atoms with E-state index < -0.39 is 5.41 Å². The van der Waals surface area contributed by atoms with Crippen molar-refractivity contribution in [1.82, 2.24) is 5.32 Å². The van der Waals surface area contributed by atoms with Crippen LogP contribution in [0.2, 0.25) is 5.02 Å². The molecule has 1 aromatic heterocycles. The van der Waals surface area contributed by atoms with Gasteiger partial charge in [-0.25, -0.2) is 0 Å². The van der Waals surface area contributed by atoms with Crippen LogP contribution in [0.5, 0.6) is 0 Å². The van der Waals surface area contributed by atoms with Crippen LogP contribution >= 0.6 is 11.6 Å². The first kappa shape index (κ1) is 18.0. The van der Waals surface area contributed by atoms with Crippen LogP contribution in [0, 0.1) is 0 Å². The second-order valence-corrected chi connectivity index (χ2v) is 7.13. The Kier molecular flexibility index (Phi) is 5.82. The van der Waals surface area contributed by atoms with Crippen LogP contribution in [0.25, 0.3) is 0 Å². The van der Waals surface area contributed by atoms with Crippen LogP contribution in [0.15, 0.2) is 47.1 Å². The minimum atomic E-state index is -0.567. The maximum Gasteiger partial charge on any atom is 0.231 e. The Morgan fingerprint density at radius 3 is 2.76 bits per heavy atom. The van der Waals surface area contributed by atoms with Crippen molar-refractivity contribution < 1.29 is 13.9 Å². The summed E-state index contributed by atoms with van der Waals surface area (Å²) in [6.07, 6.45) is 4.66. The van der Waals surface area contributed by atoms with Crippen molar-refractivity contribution in [3.63, 3.8) is 0 Å². The summed E-state index contributed by atoms with van der Waals surface area (Å²) in [4.78, 5) is 13.2. The molecule has 1 saturated heterocycles. The van der Waals surface area contributed by atoms with Crippen LogP contribution < -0.4 is 5.32 Å². The first-order valence-electron chi connectivity index (χ1n) is 8.77. The summed E-state index contributed by atoms with van der Waals surface area (Å²) < 4.78 is 10.9. The second kappa shape index (κ2) is 8.07. The van der Waals surface area contributed by atoms with Gasteiger partial charge in [0.05, 0.1) is 11.7 Å². The molecular formula is C20H24ClNO3. The molecule has 134 valence electrons. The van der Waals surface area contributed by atoms with Crippen LogP contribution in [0.3, 0.4) is 0 Å². The molecule has 1 fully saturated rings. The van der Waals surface area contributed by atoms with Crippen LogP contribution in [0.1, 0.15) is 37.5 Å². The molecule has 0 bridgehead atoms. The minimum Gasteiger partial charge on any atom is -0.469 e. The Morgan fingerprint density at radius 1 is 1.28 bits per heavy atom. The van der Waals surface area contributed by atoms with Crippen molar-refractivity contribution in [2.45, 2.75) is 44.1 Å². The number of carbonyl (C=O) groups excluding carboxylic acids is 1. The van der Waals surface area contributed by atoms with Crippen molar-refractivity contribution in [3.8, 4) is 0 Å². The molecule has 0 unspecified atom stereocenters. The lowest BCUT2D eigenvalue weighted by molar-refractivity contribution is -0.131. The van der Waals surface area contributed by atoms with E-state index in [0.29, 0.717) is 31.1 Å². The van der Waals surface area contributed by atoms with Crippen molar-refractivity contribution >= 4 is 17.5 Å². The lowest BCUT2D eigenvalue weighted by Gasteiger charge is -2.37. The molecule has 0 aliphatic carbocycles. The van der Waals surface area contributed by atoms with E-state index in [1.54, 1.807) is 6.26 Å². The standard InChI is InChI=1S/C20H24ClNO3/c1-15(7-8-18-6-3-11-25-18)22-19(23)20(9-12-24-13-10-20)16-4-2-5-17(21)14-16/h2-6,11,14-15H,7-10,12-13H2,1H3,(H,22,23)/t15-/m0/s1. The minimum absolute atomic E-state index is 0.0602. The van der Waals surface area contributed by atoms with Gasteiger partial charge in [-0.05, 0) is 56.0 Å². The number of nitrogens with one attached hydrogen (secondary N) is 1. The van der Waals surface area contributed by atoms with E-state index in [1.165, 1.54) is 0 Å². The topological polar surface area (TPSA) is 51.5 Å². The Hall–Kier alpha value is -1.78. The number of furan rings is 1. The molecule has 1 aliphatic heterocycles. The number of benzene rings is 1. The van der Waals surface area contributed by atoms with Gasteiger partial charge >= 0.3 is 0 Å². The summed E-state index contributed by atoms with van der Waals surface area (Å²) in [6.45, 7) is 3.20. The number of halogens is 1. The van der Waals surface area contributed by atoms with Gasteiger partial charge in [-0.15, -0.1) is 0 Å². The van der Waals surface area contributed by atoms with Gasteiger partial charge in [0, 0.05) is 30.7 Å². The molecule has 1 atom stereocenters. The van der Waals surface area contributed by atoms with Gasteiger partial charge in [0.25, 0.3) is 0 Å². The highest BCUT2D eigenvalue weighted by Gasteiger charge is 2.42. The molecule has 1 aromatic carbocycles. The lowest BCUT2D eigenvalue weighted by atomic mass is 9.73. The molecule has 4 nitrogen and oxygen atoms in total. The molecule has 25 heavy (non-hydrogen) atoms. The summed E-state index contributed by atoms with van der Waals surface area (Å²) in [5.41, 5.74) is 0.404. The Bertz CT molecular complexity index is 693. The molecule has 0 radical (unpaired) electrons. The molecule has 2 heterocycles. The average Bonchev–Trinajstić information content (AvgIpc) is 3.14. The van der Waals surface area contributed by atoms with Crippen molar-refractivity contribution in [2.24, 2.45) is 0 Å². The molecule has 1 aliphatic rings. The zero-order valence-electron chi connectivity index (χ0n) is 14.5. The summed E-state index contributed by atoms with van der Waals surface area (Å²) in [5, 5.41) is 3.85. The van der Waals surface area contributed by atoms with Gasteiger partial charge in [-0.1, -0.05) is 23.7 Å². The predicted octanol–water partition coefficient (Wildman–Crippen LogP) is 4.12. The summed E-state index contributed by atoms with van der Waals surface area (Å²) in [5.74, 6) is 1.00. The highest BCUT2D eigenvalue weighted by molar-refractivity contribution is 6.30. The fourth-order valence-electron chi connectivity index (χ4n) is 3.40. The monoisotopic (exact) mass is 361 g/mol. The first-order chi connectivity index (χ1) is 12.1. The van der Waals surface area contributed by atoms with Gasteiger partial charge in [0.15, 0.2) is 0 Å². The molecule has 1 amide bonds. The van der Waals surface area contributed by atoms with Gasteiger partial charge in [0.2, 0.25) is 5.91 Å². The molecule has 0 saturated carbocycles. The fourth-order valence-corrected chi connectivity index (χ4v) is 3.59. The smallest absolute Gasteiger partial charge is 0.231 e. The Labute approximate surface area is 153 Å². The maximum atomic E-state index is 13.2. The average molecular weight is 362 g/mol. The molecule has 0 spiro atoms. The van der Waals surface area contributed by atoms with E-state index in [0.717, 1.165) is 24.2 Å². The third kappa shape index (κ3) is 4.25. The fraction of sp³-hybridized carbons (Fsp3) is 0.450. The number of ether oxygens (including phenoxy) is 1. The third-order valence-corrected chi connectivity index (χ3v) is 5.17. The van der Waals surface area contributed by atoms with Crippen molar-refractivity contribution in [3.05, 3.63) is 59.0 Å². The quantitative estimate of drug-likeness (QED) is 0.842. The van der Waals surface area contributed by atoms with Crippen LogP contribution in [-0.4, -0.2) is 25.2 Å². The highest BCUT2D eigenvalue weighted by Crippen LogP contribution is 2.36. The molecule has 3 rings (SSSR count). The molecule has 5 heteroatoms. The zero-order chi connectivity index (χ0) is 17.7. The normalized spacial score (nSPS) is 17.8. The van der Waals surface area contributed by atoms with Gasteiger partial charge in [0.1, 0.15) is 5.76 Å². The summed E-state index contributed by atoms with van der Waals surface area (Å²) in [7, 11) is 0. The maximum absolute atomic E-state index is 13.2. The largest absolute Gasteiger partial charge is 0.469 e. The Balaban J connectivity index is 1.71. The first-order valence-corrected chi connectivity index (χ1v) is 9.15. The van der Waals surface area contributed by atoms with E-state index in [2.05, 4.69) is 5.32 Å². The molecule has 1 N–H and O–H groups in total. The van der Waals surface area contributed by atoms with E-state index >= 15 is 0 Å². The van der Waals surface area contributed by atoms with Gasteiger partial charge in [-0.2, -0.15) is 0 Å². The Morgan fingerprint density at radius 2 is 2.08 bits per heavy atom. The van der Waals surface area contributed by atoms with Crippen molar-refractivity contribution in [2.75, 3.05) is 13.2 Å². The zero-order valence-corrected chi connectivity index (χ0v) is 15.2. The van der Waals surface area contributed by atoms with Crippen molar-refractivity contribution in [1.29, 1.82) is 0 Å². The SMILES string of the molecule is C[C@@H](CCc1ccco1)NC(=O)C1(c2cccc(Cl)c2)CCOCC1. The number of amides is 1. The van der Waals surface area contributed by atoms with Gasteiger partial charge < -0.3 is 14.5 Å².